The van der Waals surface area contributed by atoms with Crippen LogP contribution in [0.4, 0.5) is 4.79 Å². The number of carbonyl (C=O) groups is 2. The van der Waals surface area contributed by atoms with Crippen LogP contribution in [-0.4, -0.2) is 70.5 Å². The van der Waals surface area contributed by atoms with Gasteiger partial charge in [0.25, 0.3) is 5.91 Å². The first-order chi connectivity index (χ1) is 17.1. The van der Waals surface area contributed by atoms with Gasteiger partial charge in [-0.25, -0.2) is 4.79 Å². The van der Waals surface area contributed by atoms with E-state index < -0.39 is 5.54 Å². The molecule has 0 N–H and O–H groups in total. The van der Waals surface area contributed by atoms with Crippen molar-refractivity contribution in [3.63, 3.8) is 0 Å². The number of benzene rings is 1. The largest absolute Gasteiger partial charge is 0.464 e. The average molecular weight is 475 g/mol. The lowest BCUT2D eigenvalue weighted by Crippen LogP contribution is -2.57. The van der Waals surface area contributed by atoms with Gasteiger partial charge in [-0.3, -0.25) is 19.6 Å². The number of piperidine rings is 1. The Balaban J connectivity index is 1.33. The van der Waals surface area contributed by atoms with E-state index in [9.17, 15) is 9.59 Å². The summed E-state index contributed by atoms with van der Waals surface area (Å²) in [6.45, 7) is 3.21. The number of urea groups is 1. The SMILES string of the molecule is COCCN1C(=O)N(Cc2cccnc2)C(=O)C12CCN(Cc1ccccc1-c1ccco1)CC2. The molecular formula is C27H30N4O4. The molecule has 3 amide bonds. The van der Waals surface area contributed by atoms with Crippen LogP contribution < -0.4 is 0 Å². The number of rotatable bonds is 8. The number of furan rings is 1. The Kier molecular flexibility index (Phi) is 6.66. The summed E-state index contributed by atoms with van der Waals surface area (Å²) in [6, 6.07) is 15.6. The van der Waals surface area contributed by atoms with Crippen LogP contribution in [0.3, 0.4) is 0 Å². The van der Waals surface area contributed by atoms with E-state index in [4.69, 9.17) is 9.15 Å². The Bertz CT molecular complexity index is 1160. The predicted molar refractivity (Wildman–Crippen MR) is 130 cm³/mol. The average Bonchev–Trinajstić information content (AvgIpc) is 3.49. The van der Waals surface area contributed by atoms with Gasteiger partial charge < -0.3 is 14.1 Å². The van der Waals surface area contributed by atoms with Gasteiger partial charge in [-0.2, -0.15) is 0 Å². The molecule has 0 atom stereocenters. The van der Waals surface area contributed by atoms with Crippen molar-refractivity contribution in [2.45, 2.75) is 31.5 Å². The third-order valence-electron chi connectivity index (χ3n) is 7.09. The summed E-state index contributed by atoms with van der Waals surface area (Å²) in [4.78, 5) is 36.7. The number of nitrogens with zero attached hydrogens (tertiary/aromatic N) is 4. The molecule has 35 heavy (non-hydrogen) atoms. The van der Waals surface area contributed by atoms with Crippen molar-refractivity contribution >= 4 is 11.9 Å². The maximum Gasteiger partial charge on any atom is 0.328 e. The number of amides is 3. The van der Waals surface area contributed by atoms with E-state index in [1.807, 2.05) is 36.4 Å². The van der Waals surface area contributed by atoms with E-state index in [0.29, 0.717) is 26.0 Å². The third kappa shape index (κ3) is 4.47. The normalized spacial score (nSPS) is 18.1. The Hall–Kier alpha value is -3.49. The summed E-state index contributed by atoms with van der Waals surface area (Å²) in [5.74, 6) is 0.737. The summed E-state index contributed by atoms with van der Waals surface area (Å²) in [5, 5.41) is 0. The Morgan fingerprint density at radius 2 is 1.86 bits per heavy atom. The molecule has 1 aromatic carbocycles. The molecule has 2 aromatic heterocycles. The van der Waals surface area contributed by atoms with E-state index in [1.165, 1.54) is 10.5 Å². The molecule has 2 aliphatic heterocycles. The summed E-state index contributed by atoms with van der Waals surface area (Å²) in [5.41, 5.74) is 2.27. The van der Waals surface area contributed by atoms with Crippen LogP contribution in [0.5, 0.6) is 0 Å². The quantitative estimate of drug-likeness (QED) is 0.462. The van der Waals surface area contributed by atoms with Crippen LogP contribution in [0.1, 0.15) is 24.0 Å². The van der Waals surface area contributed by atoms with Crippen molar-refractivity contribution in [3.05, 3.63) is 78.3 Å². The molecule has 2 fully saturated rings. The Labute approximate surface area is 205 Å². The highest BCUT2D eigenvalue weighted by molar-refractivity contribution is 6.07. The maximum atomic E-state index is 13.7. The van der Waals surface area contributed by atoms with Crippen LogP contribution in [0, 0.1) is 0 Å². The van der Waals surface area contributed by atoms with Gasteiger partial charge in [-0.1, -0.05) is 30.3 Å². The number of carbonyl (C=O) groups excluding carboxylic acids is 2. The highest BCUT2D eigenvalue weighted by Crippen LogP contribution is 2.38. The second-order valence-corrected chi connectivity index (χ2v) is 9.12. The number of likely N-dealkylation sites (tertiary alicyclic amines) is 1. The molecule has 8 heteroatoms. The zero-order valence-electron chi connectivity index (χ0n) is 19.9. The molecule has 3 aromatic rings. The van der Waals surface area contributed by atoms with Gasteiger partial charge in [0.05, 0.1) is 19.4 Å². The minimum Gasteiger partial charge on any atom is -0.464 e. The molecule has 0 bridgehead atoms. The monoisotopic (exact) mass is 474 g/mol. The minimum atomic E-state index is -0.825. The number of aromatic nitrogens is 1. The van der Waals surface area contributed by atoms with Gasteiger partial charge in [0.15, 0.2) is 0 Å². The van der Waals surface area contributed by atoms with Crippen LogP contribution in [0.2, 0.25) is 0 Å². The van der Waals surface area contributed by atoms with Gasteiger partial charge >= 0.3 is 6.03 Å². The molecule has 8 nitrogen and oxygen atoms in total. The number of ether oxygens (including phenoxy) is 1. The minimum absolute atomic E-state index is 0.113. The summed E-state index contributed by atoms with van der Waals surface area (Å²) < 4.78 is 10.9. The molecule has 2 saturated heterocycles. The molecular weight excluding hydrogens is 444 g/mol. The molecule has 2 aliphatic rings. The van der Waals surface area contributed by atoms with Crippen molar-refractivity contribution in [3.8, 4) is 11.3 Å². The Morgan fingerprint density at radius 3 is 2.57 bits per heavy atom. The summed E-state index contributed by atoms with van der Waals surface area (Å²) in [7, 11) is 1.61. The van der Waals surface area contributed by atoms with Gasteiger partial charge in [0, 0.05) is 51.2 Å². The van der Waals surface area contributed by atoms with E-state index in [2.05, 4.69) is 22.0 Å². The topological polar surface area (TPSA) is 79.1 Å². The lowest BCUT2D eigenvalue weighted by Gasteiger charge is -2.42. The summed E-state index contributed by atoms with van der Waals surface area (Å²) >= 11 is 0. The van der Waals surface area contributed by atoms with E-state index in [-0.39, 0.29) is 18.5 Å². The fourth-order valence-corrected chi connectivity index (χ4v) is 5.22. The number of methoxy groups -OCH3 is 1. The molecule has 5 rings (SSSR count). The number of imide groups is 1. The molecule has 0 saturated carbocycles. The zero-order valence-corrected chi connectivity index (χ0v) is 19.9. The highest BCUT2D eigenvalue weighted by Gasteiger charge is 2.57. The van der Waals surface area contributed by atoms with E-state index in [1.54, 1.807) is 30.7 Å². The van der Waals surface area contributed by atoms with Crippen molar-refractivity contribution < 1.29 is 18.7 Å². The van der Waals surface area contributed by atoms with Crippen LogP contribution in [0.25, 0.3) is 11.3 Å². The van der Waals surface area contributed by atoms with Crippen molar-refractivity contribution in [1.29, 1.82) is 0 Å². The third-order valence-corrected chi connectivity index (χ3v) is 7.09. The Morgan fingerprint density at radius 1 is 1.03 bits per heavy atom. The van der Waals surface area contributed by atoms with Gasteiger partial charge in [0.2, 0.25) is 0 Å². The van der Waals surface area contributed by atoms with Crippen LogP contribution in [0.15, 0.2) is 71.6 Å². The predicted octanol–water partition coefficient (Wildman–Crippen LogP) is 3.79. The molecule has 1 spiro atoms. The highest BCUT2D eigenvalue weighted by atomic mass is 16.5. The fraction of sp³-hybridized carbons (Fsp3) is 0.370. The lowest BCUT2D eigenvalue weighted by atomic mass is 9.85. The van der Waals surface area contributed by atoms with Crippen molar-refractivity contribution in [1.82, 2.24) is 19.7 Å². The first kappa shape index (κ1) is 23.3. The smallest absolute Gasteiger partial charge is 0.328 e. The van der Waals surface area contributed by atoms with Crippen molar-refractivity contribution in [2.24, 2.45) is 0 Å². The molecule has 0 unspecified atom stereocenters. The lowest BCUT2D eigenvalue weighted by molar-refractivity contribution is -0.136. The number of hydrogen-bond donors (Lipinski definition) is 0. The first-order valence-electron chi connectivity index (χ1n) is 12.0. The van der Waals surface area contributed by atoms with E-state index >= 15 is 0 Å². The molecule has 0 aliphatic carbocycles. The summed E-state index contributed by atoms with van der Waals surface area (Å²) in [6.07, 6.45) is 6.25. The zero-order chi connectivity index (χ0) is 24.3. The second-order valence-electron chi connectivity index (χ2n) is 9.12. The van der Waals surface area contributed by atoms with Crippen LogP contribution >= 0.6 is 0 Å². The standard InChI is InChI=1S/C27H30N4O4/c1-34-17-15-31-26(33)30(19-21-6-4-12-28-18-21)25(32)27(31)10-13-29(14-11-27)20-22-7-2-3-8-23(22)24-9-5-16-35-24/h2-9,12,16,18H,10-11,13-15,17,19-20H2,1H3. The van der Waals surface area contributed by atoms with E-state index in [0.717, 1.165) is 36.5 Å². The first-order valence-corrected chi connectivity index (χ1v) is 12.0. The number of hydrogen-bond acceptors (Lipinski definition) is 6. The second kappa shape index (κ2) is 10.0. The van der Waals surface area contributed by atoms with Gasteiger partial charge in [-0.15, -0.1) is 0 Å². The van der Waals surface area contributed by atoms with Gasteiger partial charge in [0.1, 0.15) is 11.3 Å². The molecule has 0 radical (unpaired) electrons. The van der Waals surface area contributed by atoms with Crippen LogP contribution in [-0.2, 0) is 22.6 Å². The molecule has 4 heterocycles. The van der Waals surface area contributed by atoms with Gasteiger partial charge in [-0.05, 0) is 42.2 Å². The van der Waals surface area contributed by atoms with Crippen molar-refractivity contribution in [2.75, 3.05) is 33.4 Å². The fourth-order valence-electron chi connectivity index (χ4n) is 5.22. The molecule has 182 valence electrons. The number of pyridine rings is 1. The maximum absolute atomic E-state index is 13.7.